The zero-order valence-electron chi connectivity index (χ0n) is 12.3. The number of hydrogen-bond donors (Lipinski definition) is 1. The molecule has 2 amide bonds. The Morgan fingerprint density at radius 2 is 2.04 bits per heavy atom. The predicted octanol–water partition coefficient (Wildman–Crippen LogP) is 3.64. The van der Waals surface area contributed by atoms with Crippen LogP contribution in [0.2, 0.25) is 0 Å². The van der Waals surface area contributed by atoms with Crippen molar-refractivity contribution in [3.63, 3.8) is 0 Å². The number of rotatable bonds is 1. The first-order valence-corrected chi connectivity index (χ1v) is 8.95. The molecule has 0 radical (unpaired) electrons. The van der Waals surface area contributed by atoms with E-state index in [4.69, 9.17) is 0 Å². The van der Waals surface area contributed by atoms with Gasteiger partial charge in [-0.2, -0.15) is 0 Å². The van der Waals surface area contributed by atoms with Gasteiger partial charge in [0, 0.05) is 21.4 Å². The Kier molecular flexibility index (Phi) is 3.28. The highest BCUT2D eigenvalue weighted by molar-refractivity contribution is 9.10. The number of hydrogen-bond acceptors (Lipinski definition) is 3. The van der Waals surface area contributed by atoms with Gasteiger partial charge in [0.1, 0.15) is 0 Å². The van der Waals surface area contributed by atoms with E-state index in [1.807, 2.05) is 49.4 Å². The Balaban J connectivity index is 1.95. The summed E-state index contributed by atoms with van der Waals surface area (Å²) in [5.74, 6) is 0.0689. The molecule has 0 saturated carbocycles. The second-order valence-electron chi connectivity index (χ2n) is 5.64. The fraction of sp³-hybridized carbons (Fsp3) is 0.176. The Labute approximate surface area is 146 Å². The average molecular weight is 389 g/mol. The Bertz CT molecular complexity index is 854. The number of nitrogens with zero attached hydrogens (tertiary/aromatic N) is 1. The van der Waals surface area contributed by atoms with E-state index in [1.165, 1.54) is 11.8 Å². The number of carbonyl (C=O) groups is 2. The quantitative estimate of drug-likeness (QED) is 0.810. The van der Waals surface area contributed by atoms with E-state index < -0.39 is 4.87 Å². The minimum Gasteiger partial charge on any atom is -0.323 e. The third-order valence-corrected chi connectivity index (χ3v) is 6.02. The van der Waals surface area contributed by atoms with Crippen molar-refractivity contribution >= 4 is 50.9 Å². The van der Waals surface area contributed by atoms with Crippen molar-refractivity contribution in [3.8, 4) is 0 Å². The Hall–Kier alpha value is -1.79. The molecule has 0 unspecified atom stereocenters. The monoisotopic (exact) mass is 388 g/mol. The molecule has 23 heavy (non-hydrogen) atoms. The molecule has 116 valence electrons. The molecule has 2 aliphatic heterocycles. The number of aryl methyl sites for hydroxylation is 1. The third kappa shape index (κ3) is 2.05. The van der Waals surface area contributed by atoms with Crippen molar-refractivity contribution < 1.29 is 9.59 Å². The molecule has 2 aliphatic rings. The van der Waals surface area contributed by atoms with E-state index in [-0.39, 0.29) is 17.6 Å². The standard InChI is InChI=1S/C17H13BrN2O2S/c1-10-3-2-4-12(7-10)20-15(21)9-23-17(20)13-8-11(18)5-6-14(13)19-16(17)22/h2-8H,9H2,1H3,(H,19,22)/t17-/m0/s1. The number of halogens is 1. The van der Waals surface area contributed by atoms with E-state index >= 15 is 0 Å². The van der Waals surface area contributed by atoms with Crippen LogP contribution in [0.5, 0.6) is 0 Å². The van der Waals surface area contributed by atoms with Gasteiger partial charge in [0.2, 0.25) is 10.8 Å². The summed E-state index contributed by atoms with van der Waals surface area (Å²) in [5.41, 5.74) is 3.39. The first-order valence-electron chi connectivity index (χ1n) is 7.17. The first-order chi connectivity index (χ1) is 11.0. The van der Waals surface area contributed by atoms with E-state index in [1.54, 1.807) is 4.90 Å². The lowest BCUT2D eigenvalue weighted by molar-refractivity contribution is -0.122. The minimum absolute atomic E-state index is 0.0522. The molecule has 1 atom stereocenters. The summed E-state index contributed by atoms with van der Waals surface area (Å²) in [6, 6.07) is 13.4. The Morgan fingerprint density at radius 3 is 2.83 bits per heavy atom. The van der Waals surface area contributed by atoms with Crippen molar-refractivity contribution in [3.05, 3.63) is 58.1 Å². The molecule has 1 N–H and O–H groups in total. The third-order valence-electron chi connectivity index (χ3n) is 4.13. The fourth-order valence-corrected chi connectivity index (χ4v) is 4.83. The van der Waals surface area contributed by atoms with Crippen LogP contribution in [0.25, 0.3) is 0 Å². The maximum absolute atomic E-state index is 12.8. The van der Waals surface area contributed by atoms with Gasteiger partial charge < -0.3 is 5.32 Å². The smallest absolute Gasteiger partial charge is 0.266 e. The molecule has 4 rings (SSSR count). The van der Waals surface area contributed by atoms with Crippen LogP contribution in [0, 0.1) is 6.92 Å². The van der Waals surface area contributed by atoms with Crippen LogP contribution in [0.15, 0.2) is 46.9 Å². The van der Waals surface area contributed by atoms with Gasteiger partial charge in [-0.25, -0.2) is 0 Å². The predicted molar refractivity (Wildman–Crippen MR) is 95.6 cm³/mol. The van der Waals surface area contributed by atoms with Crippen LogP contribution in [0.4, 0.5) is 11.4 Å². The van der Waals surface area contributed by atoms with Crippen molar-refractivity contribution in [2.24, 2.45) is 0 Å². The molecule has 2 heterocycles. The van der Waals surface area contributed by atoms with Crippen LogP contribution in [-0.2, 0) is 14.5 Å². The van der Waals surface area contributed by atoms with Crippen molar-refractivity contribution in [2.45, 2.75) is 11.8 Å². The van der Waals surface area contributed by atoms with Gasteiger partial charge in [0.25, 0.3) is 5.91 Å². The number of amides is 2. The molecule has 6 heteroatoms. The molecule has 0 aliphatic carbocycles. The maximum atomic E-state index is 12.8. The van der Waals surface area contributed by atoms with Crippen LogP contribution >= 0.6 is 27.7 Å². The molecule has 2 aromatic rings. The van der Waals surface area contributed by atoms with E-state index in [0.29, 0.717) is 0 Å². The van der Waals surface area contributed by atoms with Crippen LogP contribution in [0.3, 0.4) is 0 Å². The highest BCUT2D eigenvalue weighted by atomic mass is 79.9. The normalized spacial score (nSPS) is 22.6. The lowest BCUT2D eigenvalue weighted by atomic mass is 10.0. The van der Waals surface area contributed by atoms with Gasteiger partial charge in [-0.15, -0.1) is 11.8 Å². The SMILES string of the molecule is Cc1cccc(N2C(=O)CS[C@@]23C(=O)Nc2ccc(Br)cc23)c1. The zero-order chi connectivity index (χ0) is 16.2. The number of thioether (sulfide) groups is 1. The fourth-order valence-electron chi connectivity index (χ4n) is 3.16. The summed E-state index contributed by atoms with van der Waals surface area (Å²) in [4.78, 5) is 26.1. The van der Waals surface area contributed by atoms with Crippen molar-refractivity contribution in [1.82, 2.24) is 0 Å². The topological polar surface area (TPSA) is 49.4 Å². The highest BCUT2D eigenvalue weighted by Gasteiger charge is 2.58. The second-order valence-corrected chi connectivity index (χ2v) is 7.73. The summed E-state index contributed by atoms with van der Waals surface area (Å²) >= 11 is 4.84. The molecule has 1 spiro atoms. The average Bonchev–Trinajstić information content (AvgIpc) is 2.99. The van der Waals surface area contributed by atoms with E-state index in [0.717, 1.165) is 27.0 Å². The maximum Gasteiger partial charge on any atom is 0.266 e. The van der Waals surface area contributed by atoms with Gasteiger partial charge in [-0.3, -0.25) is 14.5 Å². The summed E-state index contributed by atoms with van der Waals surface area (Å²) in [6.45, 7) is 1.98. The van der Waals surface area contributed by atoms with Gasteiger partial charge in [-0.05, 0) is 42.8 Å². The summed E-state index contributed by atoms with van der Waals surface area (Å²) in [6.07, 6.45) is 0. The Morgan fingerprint density at radius 1 is 1.22 bits per heavy atom. The first kappa shape index (κ1) is 14.8. The molecule has 0 bridgehead atoms. The number of carbonyl (C=O) groups excluding carboxylic acids is 2. The van der Waals surface area contributed by atoms with Gasteiger partial charge in [-0.1, -0.05) is 28.1 Å². The van der Waals surface area contributed by atoms with Crippen LogP contribution in [0.1, 0.15) is 11.1 Å². The van der Waals surface area contributed by atoms with Gasteiger partial charge >= 0.3 is 0 Å². The number of nitrogens with one attached hydrogen (secondary N) is 1. The molecule has 4 nitrogen and oxygen atoms in total. The highest BCUT2D eigenvalue weighted by Crippen LogP contribution is 2.54. The molecule has 1 fully saturated rings. The van der Waals surface area contributed by atoms with Crippen LogP contribution in [-0.4, -0.2) is 17.6 Å². The summed E-state index contributed by atoms with van der Waals surface area (Å²) < 4.78 is 0.885. The van der Waals surface area contributed by atoms with E-state index in [9.17, 15) is 9.59 Å². The minimum atomic E-state index is -1.02. The largest absolute Gasteiger partial charge is 0.323 e. The zero-order valence-corrected chi connectivity index (χ0v) is 14.7. The van der Waals surface area contributed by atoms with E-state index in [2.05, 4.69) is 21.2 Å². The number of anilines is 2. The lowest BCUT2D eigenvalue weighted by Crippen LogP contribution is -2.47. The summed E-state index contributed by atoms with van der Waals surface area (Å²) in [5, 5.41) is 2.92. The molecular weight excluding hydrogens is 376 g/mol. The van der Waals surface area contributed by atoms with Crippen molar-refractivity contribution in [1.29, 1.82) is 0 Å². The summed E-state index contributed by atoms with van der Waals surface area (Å²) in [7, 11) is 0. The van der Waals surface area contributed by atoms with Gasteiger partial charge in [0.15, 0.2) is 0 Å². The number of benzene rings is 2. The van der Waals surface area contributed by atoms with Crippen LogP contribution < -0.4 is 10.2 Å². The van der Waals surface area contributed by atoms with Gasteiger partial charge in [0.05, 0.1) is 5.75 Å². The molecule has 0 aromatic heterocycles. The molecule has 2 aromatic carbocycles. The second kappa shape index (κ2) is 5.11. The molecule has 1 saturated heterocycles. The molecular formula is C17H13BrN2O2S. The van der Waals surface area contributed by atoms with Crippen molar-refractivity contribution in [2.75, 3.05) is 16.0 Å². The number of fused-ring (bicyclic) bond motifs is 2. The lowest BCUT2D eigenvalue weighted by Gasteiger charge is -2.32.